The molecule has 1 fully saturated rings. The molecule has 0 aromatic heterocycles. The predicted molar refractivity (Wildman–Crippen MR) is 56.9 cm³/mol. The first-order valence-corrected chi connectivity index (χ1v) is 5.09. The van der Waals surface area contributed by atoms with Gasteiger partial charge in [-0.15, -0.1) is 0 Å². The molecule has 4 nitrogen and oxygen atoms in total. The highest BCUT2D eigenvalue weighted by Gasteiger charge is 2.27. The summed E-state index contributed by atoms with van der Waals surface area (Å²) in [5.41, 5.74) is 1.22. The van der Waals surface area contributed by atoms with Crippen molar-refractivity contribution in [3.8, 4) is 5.75 Å². The minimum atomic E-state index is -1.44. The standard InChI is InChI=1S/C12H12O4/c1-16-10-6-8(11(13)12(14)15)4-5-9(10)7-2-3-7/h4-7H,2-3H2,1H3,(H,14,15). The Morgan fingerprint density at radius 2 is 2.06 bits per heavy atom. The number of methoxy groups -OCH3 is 1. The van der Waals surface area contributed by atoms with Crippen molar-refractivity contribution in [3.63, 3.8) is 0 Å². The van der Waals surface area contributed by atoms with Gasteiger partial charge in [-0.2, -0.15) is 0 Å². The molecule has 1 aliphatic rings. The molecule has 0 bridgehead atoms. The van der Waals surface area contributed by atoms with Crippen LogP contribution in [-0.2, 0) is 4.79 Å². The molecule has 0 unspecified atom stereocenters. The molecule has 0 spiro atoms. The highest BCUT2D eigenvalue weighted by atomic mass is 16.5. The molecule has 1 aliphatic carbocycles. The Bertz CT molecular complexity index is 446. The van der Waals surface area contributed by atoms with Crippen molar-refractivity contribution in [1.29, 1.82) is 0 Å². The van der Waals surface area contributed by atoms with Crippen molar-refractivity contribution in [1.82, 2.24) is 0 Å². The molecule has 1 aromatic rings. The number of carbonyl (C=O) groups is 2. The van der Waals surface area contributed by atoms with E-state index in [1.54, 1.807) is 12.1 Å². The molecular formula is C12H12O4. The first-order valence-electron chi connectivity index (χ1n) is 5.09. The predicted octanol–water partition coefficient (Wildman–Crippen LogP) is 1.84. The molecule has 0 saturated heterocycles. The van der Waals surface area contributed by atoms with Crippen molar-refractivity contribution in [3.05, 3.63) is 29.3 Å². The second-order valence-corrected chi connectivity index (χ2v) is 3.87. The Balaban J connectivity index is 2.36. The lowest BCUT2D eigenvalue weighted by molar-refractivity contribution is -0.131. The van der Waals surface area contributed by atoms with Crippen LogP contribution < -0.4 is 4.74 Å². The average molecular weight is 220 g/mol. The molecule has 0 atom stereocenters. The molecule has 16 heavy (non-hydrogen) atoms. The summed E-state index contributed by atoms with van der Waals surface area (Å²) in [5.74, 6) is -1.24. The quantitative estimate of drug-likeness (QED) is 0.621. The van der Waals surface area contributed by atoms with E-state index in [1.807, 2.05) is 0 Å². The normalized spacial score (nSPS) is 14.6. The van der Waals surface area contributed by atoms with E-state index < -0.39 is 11.8 Å². The zero-order valence-electron chi connectivity index (χ0n) is 8.90. The number of Topliss-reactive ketones (excluding diaryl/α,β-unsaturated/α-hetero) is 1. The summed E-state index contributed by atoms with van der Waals surface area (Å²) in [6, 6.07) is 4.84. The van der Waals surface area contributed by atoms with E-state index >= 15 is 0 Å². The lowest BCUT2D eigenvalue weighted by Gasteiger charge is -2.08. The maximum Gasteiger partial charge on any atom is 0.377 e. The Hall–Kier alpha value is -1.84. The van der Waals surface area contributed by atoms with Crippen LogP contribution in [0.2, 0.25) is 0 Å². The summed E-state index contributed by atoms with van der Waals surface area (Å²) in [4.78, 5) is 21.8. The number of hydrogen-bond acceptors (Lipinski definition) is 3. The fourth-order valence-electron chi connectivity index (χ4n) is 1.71. The van der Waals surface area contributed by atoms with E-state index in [1.165, 1.54) is 13.2 Å². The van der Waals surface area contributed by atoms with Crippen LogP contribution in [0.15, 0.2) is 18.2 Å². The second kappa shape index (κ2) is 3.96. The van der Waals surface area contributed by atoms with Crippen molar-refractivity contribution >= 4 is 11.8 Å². The molecule has 0 radical (unpaired) electrons. The number of carboxylic acid groups (broad SMARTS) is 1. The Labute approximate surface area is 92.8 Å². The van der Waals surface area contributed by atoms with E-state index in [2.05, 4.69) is 0 Å². The van der Waals surface area contributed by atoms with Gasteiger partial charge in [0.05, 0.1) is 7.11 Å². The third-order valence-electron chi connectivity index (χ3n) is 2.71. The van der Waals surface area contributed by atoms with Gasteiger partial charge in [0.1, 0.15) is 5.75 Å². The number of rotatable bonds is 4. The van der Waals surface area contributed by atoms with E-state index in [0.29, 0.717) is 11.7 Å². The van der Waals surface area contributed by atoms with Gasteiger partial charge in [-0.05, 0) is 30.4 Å². The summed E-state index contributed by atoms with van der Waals surface area (Å²) in [7, 11) is 1.52. The highest BCUT2D eigenvalue weighted by Crippen LogP contribution is 2.44. The van der Waals surface area contributed by atoms with Crippen LogP contribution in [0.3, 0.4) is 0 Å². The fraction of sp³-hybridized carbons (Fsp3) is 0.333. The Morgan fingerprint density at radius 3 is 2.56 bits per heavy atom. The number of carbonyl (C=O) groups excluding carboxylic acids is 1. The Morgan fingerprint density at radius 1 is 1.38 bits per heavy atom. The molecule has 1 N–H and O–H groups in total. The highest BCUT2D eigenvalue weighted by molar-refractivity contribution is 6.39. The molecule has 1 saturated carbocycles. The van der Waals surface area contributed by atoms with Gasteiger partial charge in [-0.25, -0.2) is 4.79 Å². The SMILES string of the molecule is COc1cc(C(=O)C(=O)O)ccc1C1CC1. The van der Waals surface area contributed by atoms with Crippen LogP contribution in [0.1, 0.15) is 34.7 Å². The molecule has 0 amide bonds. The van der Waals surface area contributed by atoms with Gasteiger partial charge >= 0.3 is 5.97 Å². The van der Waals surface area contributed by atoms with Crippen molar-refractivity contribution in [2.24, 2.45) is 0 Å². The summed E-state index contributed by atoms with van der Waals surface area (Å²) >= 11 is 0. The third kappa shape index (κ3) is 1.91. The molecular weight excluding hydrogens is 208 g/mol. The van der Waals surface area contributed by atoms with Crippen LogP contribution in [0.25, 0.3) is 0 Å². The lowest BCUT2D eigenvalue weighted by Crippen LogP contribution is -2.12. The molecule has 1 aromatic carbocycles. The minimum absolute atomic E-state index is 0.161. The molecule has 0 heterocycles. The largest absolute Gasteiger partial charge is 0.496 e. The zero-order valence-corrected chi connectivity index (χ0v) is 8.90. The van der Waals surface area contributed by atoms with Crippen LogP contribution >= 0.6 is 0 Å². The van der Waals surface area contributed by atoms with Crippen LogP contribution in [0, 0.1) is 0 Å². The number of hydrogen-bond donors (Lipinski definition) is 1. The summed E-state index contributed by atoms with van der Waals surface area (Å²) in [6.07, 6.45) is 2.26. The minimum Gasteiger partial charge on any atom is -0.496 e. The average Bonchev–Trinajstić information content (AvgIpc) is 3.11. The molecule has 4 heteroatoms. The van der Waals surface area contributed by atoms with E-state index in [0.717, 1.165) is 18.4 Å². The molecule has 84 valence electrons. The van der Waals surface area contributed by atoms with E-state index in [9.17, 15) is 9.59 Å². The number of carboxylic acids is 1. The van der Waals surface area contributed by atoms with Gasteiger partial charge in [-0.3, -0.25) is 4.79 Å². The van der Waals surface area contributed by atoms with Gasteiger partial charge in [0, 0.05) is 5.56 Å². The summed E-state index contributed by atoms with van der Waals surface area (Å²) in [6.45, 7) is 0. The van der Waals surface area contributed by atoms with Gasteiger partial charge in [0.15, 0.2) is 0 Å². The lowest BCUT2D eigenvalue weighted by atomic mass is 10.0. The van der Waals surface area contributed by atoms with Crippen LogP contribution in [0.5, 0.6) is 5.75 Å². The van der Waals surface area contributed by atoms with Gasteiger partial charge in [0.25, 0.3) is 5.78 Å². The summed E-state index contributed by atoms with van der Waals surface area (Å²) < 4.78 is 5.17. The number of ketones is 1. The molecule has 2 rings (SSSR count). The van der Waals surface area contributed by atoms with E-state index in [4.69, 9.17) is 9.84 Å². The fourth-order valence-corrected chi connectivity index (χ4v) is 1.71. The van der Waals surface area contributed by atoms with Crippen molar-refractivity contribution in [2.75, 3.05) is 7.11 Å². The van der Waals surface area contributed by atoms with Crippen molar-refractivity contribution in [2.45, 2.75) is 18.8 Å². The van der Waals surface area contributed by atoms with Gasteiger partial charge in [0.2, 0.25) is 0 Å². The van der Waals surface area contributed by atoms with Gasteiger partial charge in [-0.1, -0.05) is 12.1 Å². The zero-order chi connectivity index (χ0) is 11.7. The van der Waals surface area contributed by atoms with Gasteiger partial charge < -0.3 is 9.84 Å². The maximum atomic E-state index is 11.3. The number of benzene rings is 1. The topological polar surface area (TPSA) is 63.6 Å². The summed E-state index contributed by atoms with van der Waals surface area (Å²) in [5, 5.41) is 8.60. The number of aliphatic carboxylic acids is 1. The second-order valence-electron chi connectivity index (χ2n) is 3.87. The van der Waals surface area contributed by atoms with Crippen LogP contribution in [0.4, 0.5) is 0 Å². The van der Waals surface area contributed by atoms with Crippen molar-refractivity contribution < 1.29 is 19.4 Å². The first kappa shape index (κ1) is 10.7. The molecule has 0 aliphatic heterocycles. The monoisotopic (exact) mass is 220 g/mol. The van der Waals surface area contributed by atoms with Crippen LogP contribution in [-0.4, -0.2) is 24.0 Å². The Kier molecular flexibility index (Phi) is 2.64. The third-order valence-corrected chi connectivity index (χ3v) is 2.71. The van der Waals surface area contributed by atoms with E-state index in [-0.39, 0.29) is 5.56 Å². The first-order chi connectivity index (χ1) is 7.63. The maximum absolute atomic E-state index is 11.3. The smallest absolute Gasteiger partial charge is 0.377 e. The number of ether oxygens (including phenoxy) is 1.